The average Bonchev–Trinajstić information content (AvgIpc) is 3.08. The molecule has 1 aromatic carbocycles. The van der Waals surface area contributed by atoms with Gasteiger partial charge in [0.15, 0.2) is 0 Å². The topological polar surface area (TPSA) is 52.8 Å². The molecule has 0 spiro atoms. The van der Waals surface area contributed by atoms with E-state index in [1.807, 2.05) is 45.0 Å². The van der Waals surface area contributed by atoms with Crippen LogP contribution in [0.2, 0.25) is 0 Å². The largest absolute Gasteiger partial charge is 0.361 e. The van der Waals surface area contributed by atoms with Crippen molar-refractivity contribution in [3.8, 4) is 0 Å². The van der Waals surface area contributed by atoms with Gasteiger partial charge in [-0.15, -0.1) is 0 Å². The van der Waals surface area contributed by atoms with Gasteiger partial charge in [0.2, 0.25) is 5.91 Å². The number of nitrogens with zero attached hydrogens (tertiary/aromatic N) is 4. The number of carbonyl (C=O) groups excluding carboxylic acids is 1. The molecule has 1 aliphatic heterocycles. The number of aryl methyl sites for hydroxylation is 2. The molecule has 2 aromatic rings. The summed E-state index contributed by atoms with van der Waals surface area (Å²) in [5, 5.41) is 4.00. The van der Waals surface area contributed by atoms with Crippen LogP contribution in [0.25, 0.3) is 0 Å². The maximum Gasteiger partial charge on any atom is 0.222 e. The number of hydrogen-bond acceptors (Lipinski definition) is 5. The Morgan fingerprint density at radius 2 is 2.03 bits per heavy atom. The van der Waals surface area contributed by atoms with E-state index in [4.69, 9.17) is 4.52 Å². The highest BCUT2D eigenvalue weighted by Gasteiger charge is 2.25. The summed E-state index contributed by atoms with van der Waals surface area (Å²) in [6, 6.07) is 7.01. The molecule has 0 aliphatic carbocycles. The van der Waals surface area contributed by atoms with Crippen LogP contribution in [0.3, 0.4) is 0 Å². The highest BCUT2D eigenvalue weighted by atomic mass is 19.1. The smallest absolute Gasteiger partial charge is 0.222 e. The minimum absolute atomic E-state index is 0.142. The summed E-state index contributed by atoms with van der Waals surface area (Å²) in [6.45, 7) is 8.62. The quantitative estimate of drug-likeness (QED) is 0.560. The summed E-state index contributed by atoms with van der Waals surface area (Å²) in [4.78, 5) is 19.6. The summed E-state index contributed by atoms with van der Waals surface area (Å²) >= 11 is 0. The molecule has 0 saturated carbocycles. The Morgan fingerprint density at radius 1 is 1.25 bits per heavy atom. The molecule has 0 bridgehead atoms. The number of likely N-dealkylation sites (N-methyl/N-ethyl adjacent to an activating group) is 1. The van der Waals surface area contributed by atoms with Crippen LogP contribution in [0.5, 0.6) is 0 Å². The molecule has 1 saturated heterocycles. The van der Waals surface area contributed by atoms with E-state index in [1.165, 1.54) is 6.07 Å². The van der Waals surface area contributed by atoms with Crippen LogP contribution >= 0.6 is 0 Å². The highest BCUT2D eigenvalue weighted by molar-refractivity contribution is 5.76. The molecule has 176 valence electrons. The maximum absolute atomic E-state index is 14.1. The molecule has 0 unspecified atom stereocenters. The van der Waals surface area contributed by atoms with Crippen LogP contribution < -0.4 is 0 Å². The van der Waals surface area contributed by atoms with Crippen molar-refractivity contribution < 1.29 is 13.7 Å². The Balaban J connectivity index is 1.59. The molecule has 1 aliphatic rings. The lowest BCUT2D eigenvalue weighted by atomic mass is 9.96. The van der Waals surface area contributed by atoms with Crippen molar-refractivity contribution in [3.63, 3.8) is 0 Å². The summed E-state index contributed by atoms with van der Waals surface area (Å²) in [5.74, 6) is 1.24. The summed E-state index contributed by atoms with van der Waals surface area (Å²) in [6.07, 6.45) is 3.29. The number of rotatable bonds is 10. The zero-order valence-corrected chi connectivity index (χ0v) is 19.9. The summed E-state index contributed by atoms with van der Waals surface area (Å²) in [7, 11) is 4.06. The van der Waals surface area contributed by atoms with E-state index >= 15 is 0 Å². The highest BCUT2D eigenvalue weighted by Crippen LogP contribution is 2.22. The van der Waals surface area contributed by atoms with Crippen molar-refractivity contribution in [2.45, 2.75) is 46.1 Å². The van der Waals surface area contributed by atoms with Gasteiger partial charge in [-0.25, -0.2) is 4.39 Å². The van der Waals surface area contributed by atoms with Gasteiger partial charge in [-0.3, -0.25) is 9.69 Å². The zero-order chi connectivity index (χ0) is 23.1. The van der Waals surface area contributed by atoms with Crippen molar-refractivity contribution in [2.75, 3.05) is 46.8 Å². The van der Waals surface area contributed by atoms with Crippen molar-refractivity contribution in [3.05, 3.63) is 52.7 Å². The Kier molecular flexibility index (Phi) is 8.82. The molecule has 6 nitrogen and oxygen atoms in total. The van der Waals surface area contributed by atoms with E-state index in [-0.39, 0.29) is 11.7 Å². The van der Waals surface area contributed by atoms with Gasteiger partial charge in [-0.1, -0.05) is 23.4 Å². The van der Waals surface area contributed by atoms with E-state index < -0.39 is 0 Å². The van der Waals surface area contributed by atoms with E-state index in [9.17, 15) is 9.18 Å². The molecule has 0 radical (unpaired) electrons. The number of carbonyl (C=O) groups is 1. The van der Waals surface area contributed by atoms with Crippen LogP contribution in [0.4, 0.5) is 4.39 Å². The lowest BCUT2D eigenvalue weighted by Crippen LogP contribution is -2.44. The van der Waals surface area contributed by atoms with Crippen molar-refractivity contribution >= 4 is 5.91 Å². The SMILES string of the molecule is Cc1noc(C)c1CCC(=O)N(CCN(C)C)C[C@H]1CCCN(Cc2ccccc2F)C1. The second kappa shape index (κ2) is 11.6. The number of piperidine rings is 1. The van der Waals surface area contributed by atoms with E-state index in [0.717, 1.165) is 68.1 Å². The molecular weight excluding hydrogens is 407 g/mol. The Hall–Kier alpha value is -2.25. The van der Waals surface area contributed by atoms with Gasteiger partial charge in [0, 0.05) is 50.3 Å². The monoisotopic (exact) mass is 444 g/mol. The third-order valence-electron chi connectivity index (χ3n) is 6.37. The maximum atomic E-state index is 14.1. The molecule has 3 rings (SSSR count). The molecule has 0 N–H and O–H groups in total. The molecule has 2 heterocycles. The van der Waals surface area contributed by atoms with Crippen molar-refractivity contribution in [1.82, 2.24) is 19.9 Å². The number of likely N-dealkylation sites (tertiary alicyclic amines) is 1. The Labute approximate surface area is 191 Å². The predicted molar refractivity (Wildman–Crippen MR) is 124 cm³/mol. The number of aromatic nitrogens is 1. The molecule has 7 heteroatoms. The van der Waals surface area contributed by atoms with Gasteiger partial charge in [0.1, 0.15) is 11.6 Å². The van der Waals surface area contributed by atoms with Crippen molar-refractivity contribution in [1.29, 1.82) is 0 Å². The first kappa shape index (κ1) is 24.4. The van der Waals surface area contributed by atoms with E-state index in [1.54, 1.807) is 6.07 Å². The van der Waals surface area contributed by atoms with Crippen LogP contribution in [0.15, 0.2) is 28.8 Å². The number of amides is 1. The normalized spacial score (nSPS) is 17.1. The first-order valence-electron chi connectivity index (χ1n) is 11.6. The number of benzene rings is 1. The summed E-state index contributed by atoms with van der Waals surface area (Å²) in [5.41, 5.74) is 2.65. The number of halogens is 1. The second-order valence-electron chi connectivity index (χ2n) is 9.28. The van der Waals surface area contributed by atoms with Gasteiger partial charge in [-0.2, -0.15) is 0 Å². The fraction of sp³-hybridized carbons (Fsp3) is 0.600. The molecular formula is C25H37FN4O2. The standard InChI is InChI=1S/C25H37FN4O2/c1-19-23(20(2)32-27-19)11-12-25(31)30(15-14-28(3)4)17-21-8-7-13-29(16-21)18-22-9-5-6-10-24(22)26/h5-6,9-10,21H,7-8,11-18H2,1-4H3/t21-/m0/s1. The number of hydrogen-bond donors (Lipinski definition) is 0. The molecule has 1 aromatic heterocycles. The Morgan fingerprint density at radius 3 is 2.72 bits per heavy atom. The Bertz CT molecular complexity index is 863. The third-order valence-corrected chi connectivity index (χ3v) is 6.37. The van der Waals surface area contributed by atoms with Gasteiger partial charge >= 0.3 is 0 Å². The molecule has 32 heavy (non-hydrogen) atoms. The average molecular weight is 445 g/mol. The van der Waals surface area contributed by atoms with Crippen LogP contribution in [0, 0.1) is 25.6 Å². The van der Waals surface area contributed by atoms with E-state index in [2.05, 4.69) is 15.0 Å². The zero-order valence-electron chi connectivity index (χ0n) is 19.9. The minimum atomic E-state index is -0.142. The molecule has 1 amide bonds. The lowest BCUT2D eigenvalue weighted by Gasteiger charge is -2.36. The van der Waals surface area contributed by atoms with E-state index in [0.29, 0.717) is 25.3 Å². The predicted octanol–water partition coefficient (Wildman–Crippen LogP) is 3.67. The van der Waals surface area contributed by atoms with Gasteiger partial charge in [0.05, 0.1) is 5.69 Å². The fourth-order valence-corrected chi connectivity index (χ4v) is 4.51. The van der Waals surface area contributed by atoms with Crippen molar-refractivity contribution in [2.24, 2.45) is 5.92 Å². The minimum Gasteiger partial charge on any atom is -0.361 e. The van der Waals surface area contributed by atoms with Crippen LogP contribution in [-0.4, -0.2) is 72.6 Å². The molecule has 1 atom stereocenters. The summed E-state index contributed by atoms with van der Waals surface area (Å²) < 4.78 is 19.3. The first-order valence-corrected chi connectivity index (χ1v) is 11.6. The van der Waals surface area contributed by atoms with Gasteiger partial charge in [0.25, 0.3) is 0 Å². The molecule has 1 fully saturated rings. The van der Waals surface area contributed by atoms with Crippen LogP contribution in [0.1, 0.15) is 41.8 Å². The van der Waals surface area contributed by atoms with Gasteiger partial charge in [-0.05, 0) is 65.7 Å². The third kappa shape index (κ3) is 6.87. The fourth-order valence-electron chi connectivity index (χ4n) is 4.51. The first-order chi connectivity index (χ1) is 15.3. The lowest BCUT2D eigenvalue weighted by molar-refractivity contribution is -0.132. The van der Waals surface area contributed by atoms with Gasteiger partial charge < -0.3 is 14.3 Å². The second-order valence-corrected chi connectivity index (χ2v) is 9.28. The van der Waals surface area contributed by atoms with Crippen LogP contribution in [-0.2, 0) is 17.8 Å².